The van der Waals surface area contributed by atoms with Crippen LogP contribution in [0, 0.1) is 32.1 Å². The second kappa shape index (κ2) is 26.2. The van der Waals surface area contributed by atoms with Crippen LogP contribution in [0.5, 0.6) is 0 Å². The van der Waals surface area contributed by atoms with E-state index in [0.717, 1.165) is 59.9 Å². The number of aromatic carboxylic acids is 2. The third-order valence-electron chi connectivity index (χ3n) is 12.9. The first-order chi connectivity index (χ1) is 37.8. The van der Waals surface area contributed by atoms with Crippen LogP contribution in [0.15, 0.2) is 152 Å². The number of hydrogen-bond donors (Lipinski definition) is 6. The minimum absolute atomic E-state index is 0. The van der Waals surface area contributed by atoms with Gasteiger partial charge in [0, 0.05) is 82.6 Å². The van der Waals surface area contributed by atoms with Gasteiger partial charge >= 0.3 is 17.6 Å². The molecular formula is C59H63N12O7P2+. The Morgan fingerprint density at radius 3 is 1.62 bits per heavy atom. The van der Waals surface area contributed by atoms with E-state index in [1.54, 1.807) is 77.2 Å². The largest absolute Gasteiger partial charge is 0.478 e. The van der Waals surface area contributed by atoms with E-state index < -0.39 is 11.9 Å². The van der Waals surface area contributed by atoms with Crippen LogP contribution in [0.2, 0.25) is 0 Å². The number of carboxylic acids is 2. The lowest BCUT2D eigenvalue weighted by Gasteiger charge is -1.99. The summed E-state index contributed by atoms with van der Waals surface area (Å²) in [5, 5.41) is 55.3. The number of aromatic amines is 1. The van der Waals surface area contributed by atoms with Gasteiger partial charge in [-0.3, -0.25) is 19.0 Å². The highest BCUT2D eigenvalue weighted by Gasteiger charge is 2.21. The average Bonchev–Trinajstić information content (AvgIpc) is 4.28. The summed E-state index contributed by atoms with van der Waals surface area (Å²) < 4.78 is 8.33. The first-order valence-electron chi connectivity index (χ1n) is 24.4. The number of nitriles is 1. The minimum Gasteiger partial charge on any atom is -0.478 e. The van der Waals surface area contributed by atoms with E-state index in [9.17, 15) is 24.4 Å². The lowest BCUT2D eigenvalue weighted by molar-refractivity contribution is -0.779. The van der Waals surface area contributed by atoms with Crippen LogP contribution >= 0.6 is 18.8 Å². The number of nitrogens with one attached hydrogen (secondary N) is 3. The fraction of sp³-hybridized carbons (Fsp3) is 0.153. The monoisotopic (exact) mass is 1110 g/mol. The van der Waals surface area contributed by atoms with Crippen LogP contribution in [0.25, 0.3) is 65.4 Å². The third-order valence-corrected chi connectivity index (χ3v) is 14.2. The van der Waals surface area contributed by atoms with Gasteiger partial charge in [-0.15, -0.1) is 0 Å². The number of rotatable bonds is 4. The molecular weight excluding hydrogens is 1050 g/mol. The van der Waals surface area contributed by atoms with Gasteiger partial charge < -0.3 is 39.7 Å². The van der Waals surface area contributed by atoms with Crippen molar-refractivity contribution >= 4 is 108 Å². The molecule has 80 heavy (non-hydrogen) atoms. The predicted molar refractivity (Wildman–Crippen MR) is 320 cm³/mol. The highest BCUT2D eigenvalue weighted by Crippen LogP contribution is 2.28. The van der Waals surface area contributed by atoms with Crippen molar-refractivity contribution in [3.05, 3.63) is 197 Å². The van der Waals surface area contributed by atoms with Gasteiger partial charge in [0.1, 0.15) is 5.69 Å². The van der Waals surface area contributed by atoms with Crippen molar-refractivity contribution in [2.24, 2.45) is 21.1 Å². The van der Waals surface area contributed by atoms with Gasteiger partial charge in [0.15, 0.2) is 24.3 Å². The van der Waals surface area contributed by atoms with Crippen molar-refractivity contribution in [3.63, 3.8) is 0 Å². The Kier molecular flexibility index (Phi) is 19.5. The molecule has 12 rings (SSSR count). The van der Waals surface area contributed by atoms with E-state index in [1.165, 1.54) is 26.0 Å². The van der Waals surface area contributed by atoms with Crippen molar-refractivity contribution < 1.29 is 39.3 Å². The fourth-order valence-electron chi connectivity index (χ4n) is 9.02. The molecule has 0 radical (unpaired) electrons. The molecule has 0 saturated carbocycles. The van der Waals surface area contributed by atoms with Crippen molar-refractivity contribution in [1.82, 2.24) is 48.7 Å². The van der Waals surface area contributed by atoms with Gasteiger partial charge in [-0.2, -0.15) is 15.5 Å². The van der Waals surface area contributed by atoms with E-state index in [0.29, 0.717) is 33.4 Å². The van der Waals surface area contributed by atoms with Gasteiger partial charge in [-0.1, -0.05) is 115 Å². The highest BCUT2D eigenvalue weighted by atomic mass is 31.0. The summed E-state index contributed by atoms with van der Waals surface area (Å²) in [4.78, 5) is 49.1. The van der Waals surface area contributed by atoms with Gasteiger partial charge in [-0.25, -0.2) is 9.59 Å². The summed E-state index contributed by atoms with van der Waals surface area (Å²) in [7, 11) is 13.5. The maximum absolute atomic E-state index is 11.6. The SMILES string of the molecule is C.CNC(=O)c1c(C)[nH]c2ccccc12.CNC(=O)c1c2ccccc2nn1C.C[n+]1c(C#N)c2ccccc2n1O.Cc1c(C(=O)O)c2ccccc2n1P.Cc1cc2ccccc2n1P.Cn1nc2ccccc2c1C(=O)O. The Bertz CT molecular complexity index is 4180. The van der Waals surface area contributed by atoms with Crippen LogP contribution in [-0.2, 0) is 21.1 Å². The molecule has 0 saturated heterocycles. The topological polar surface area (TPSA) is 247 Å². The summed E-state index contributed by atoms with van der Waals surface area (Å²) in [6, 6.07) is 49.9. The molecule has 6 aromatic carbocycles. The zero-order chi connectivity index (χ0) is 57.2. The van der Waals surface area contributed by atoms with Crippen LogP contribution in [0.4, 0.5) is 0 Å². The van der Waals surface area contributed by atoms with E-state index in [2.05, 4.69) is 86.2 Å². The molecule has 2 unspecified atom stereocenters. The summed E-state index contributed by atoms with van der Waals surface area (Å²) in [5.41, 5.74) is 10.7. The van der Waals surface area contributed by atoms with E-state index >= 15 is 0 Å². The number of amides is 2. The standard InChI is InChI=1S/C11H12N2O.C10H11N3O.C10H10NO2P.C9H8N3O.C9H8N2O2.C9H10NP.CH4/c1-7-10(11(14)12-2)8-5-3-4-6-9(8)13-7;1-11-10(14)9-7-5-3-4-6-8(7)12-13(9)2;1-6-9(10(12)13)7-4-2-3-5-8(7)11(6)14;1-11-9(6-10)7-4-2-3-5-8(7)12(11)13;1-11-8(9(12)13)6-4-2-3-5-7(6)10-11;1-7-6-8-4-2-3-5-9(8)10(7)11;/h3-6,13H,1-2H3,(H,12,14);3-6H,1-2H3,(H,11,14);2-5H,14H2,1H3,(H,12,13);2-5,13H,1H3;2-5H,1H3,(H,12,13);2-6H,11H2,1H3;1H4/q;;;+1;;;. The Morgan fingerprint density at radius 1 is 0.600 bits per heavy atom. The molecule has 2 amide bonds. The molecule has 21 heteroatoms. The van der Waals surface area contributed by atoms with Gasteiger partial charge in [0.05, 0.1) is 38.6 Å². The number of nitrogens with zero attached hydrogens (tertiary/aromatic N) is 9. The number of carbonyl (C=O) groups is 4. The van der Waals surface area contributed by atoms with Gasteiger partial charge in [-0.05, 0) is 88.1 Å². The first-order valence-corrected chi connectivity index (χ1v) is 25.5. The number of para-hydroxylation sites is 4. The molecule has 0 aliphatic rings. The Morgan fingerprint density at radius 2 is 1.07 bits per heavy atom. The smallest absolute Gasteiger partial charge is 0.354 e. The van der Waals surface area contributed by atoms with Gasteiger partial charge in [0.25, 0.3) is 11.8 Å². The summed E-state index contributed by atoms with van der Waals surface area (Å²) in [6.07, 6.45) is 0. The van der Waals surface area contributed by atoms with Crippen molar-refractivity contribution in [3.8, 4) is 6.07 Å². The summed E-state index contributed by atoms with van der Waals surface area (Å²) >= 11 is 0. The molecule has 0 aliphatic heterocycles. The third kappa shape index (κ3) is 12.4. The number of benzene rings is 6. The molecule has 19 nitrogen and oxygen atoms in total. The number of aromatic nitrogens is 9. The normalized spacial score (nSPS) is 10.4. The maximum atomic E-state index is 11.6. The number of fused-ring (bicyclic) bond motifs is 6. The van der Waals surface area contributed by atoms with Crippen LogP contribution < -0.4 is 15.3 Å². The number of H-pyrrole nitrogens is 1. The second-order valence-electron chi connectivity index (χ2n) is 17.8. The van der Waals surface area contributed by atoms with Crippen LogP contribution in [-0.4, -0.2) is 91.3 Å². The molecule has 0 aliphatic carbocycles. The Labute approximate surface area is 465 Å². The van der Waals surface area contributed by atoms with Crippen LogP contribution in [0.1, 0.15) is 71.9 Å². The number of carboxylic acid groups (broad SMARTS) is 2. The van der Waals surface area contributed by atoms with Crippen molar-refractivity contribution in [2.45, 2.75) is 28.2 Å². The zero-order valence-electron chi connectivity index (χ0n) is 44.6. The quantitative estimate of drug-likeness (QED) is 0.0553. The molecule has 0 spiro atoms. The molecule has 6 aromatic heterocycles. The molecule has 12 aromatic rings. The van der Waals surface area contributed by atoms with Crippen molar-refractivity contribution in [1.29, 1.82) is 5.26 Å². The second-order valence-corrected chi connectivity index (χ2v) is 18.8. The lowest BCUT2D eigenvalue weighted by atomic mass is 10.1. The Hall–Kier alpha value is -9.62. The first kappa shape index (κ1) is 59.6. The zero-order valence-corrected chi connectivity index (χ0v) is 46.9. The summed E-state index contributed by atoms with van der Waals surface area (Å²) in [5.74, 6) is -1.97. The molecule has 2 atom stereocenters. The predicted octanol–water partition coefficient (Wildman–Crippen LogP) is 10.1. The molecule has 6 N–H and O–H groups in total. The lowest BCUT2D eigenvalue weighted by Crippen LogP contribution is -2.40. The van der Waals surface area contributed by atoms with E-state index in [4.69, 9.17) is 15.5 Å². The molecule has 6 heterocycles. The molecule has 410 valence electrons. The molecule has 0 bridgehead atoms. The summed E-state index contributed by atoms with van der Waals surface area (Å²) in [6.45, 7) is 5.81. The van der Waals surface area contributed by atoms with Crippen LogP contribution in [0.3, 0.4) is 0 Å². The van der Waals surface area contributed by atoms with E-state index in [-0.39, 0.29) is 24.9 Å². The number of aryl methyl sites for hydroxylation is 4. The molecule has 0 fully saturated rings. The van der Waals surface area contributed by atoms with E-state index in [1.807, 2.05) is 108 Å². The Balaban J connectivity index is 0.000000155. The number of hydrogen-bond acceptors (Lipinski definition) is 8. The van der Waals surface area contributed by atoms with Crippen molar-refractivity contribution in [2.75, 3.05) is 14.1 Å². The fourth-order valence-corrected chi connectivity index (χ4v) is 9.68. The van der Waals surface area contributed by atoms with Gasteiger partial charge in [0.2, 0.25) is 0 Å². The minimum atomic E-state index is -0.948. The number of carbonyl (C=O) groups excluding carboxylic acids is 2. The maximum Gasteiger partial charge on any atom is 0.354 e. The average molecular weight is 1110 g/mol. The highest BCUT2D eigenvalue weighted by molar-refractivity contribution is 7.15.